The summed E-state index contributed by atoms with van der Waals surface area (Å²) in [5.41, 5.74) is 0. The predicted molar refractivity (Wildman–Crippen MR) is 148 cm³/mol. The molecule has 12 nitrogen and oxygen atoms in total. The maximum Gasteiger partial charge on any atom is 0.248 e. The highest BCUT2D eigenvalue weighted by atomic mass is 16.7. The number of rotatable bonds is 12. The summed E-state index contributed by atoms with van der Waals surface area (Å²) in [6, 6.07) is -3.86. The molecule has 5 amide bonds. The first-order chi connectivity index (χ1) is 19.0. The minimum absolute atomic E-state index is 0.238. The van der Waals surface area contributed by atoms with Gasteiger partial charge in [0.05, 0.1) is 19.6 Å². The van der Waals surface area contributed by atoms with Crippen molar-refractivity contribution in [2.75, 3.05) is 20.7 Å². The Bertz CT molecular complexity index is 885. The summed E-state index contributed by atoms with van der Waals surface area (Å²) in [7, 11) is 2.72. The Balaban J connectivity index is 2.36. The predicted octanol–water partition coefficient (Wildman–Crippen LogP) is 1.01. The molecule has 2 aliphatic rings. The van der Waals surface area contributed by atoms with Gasteiger partial charge in [0.15, 0.2) is 0 Å². The van der Waals surface area contributed by atoms with Crippen LogP contribution in [0.4, 0.5) is 0 Å². The smallest absolute Gasteiger partial charge is 0.248 e. The minimum atomic E-state index is -1.27. The van der Waals surface area contributed by atoms with Crippen molar-refractivity contribution in [3.8, 4) is 0 Å². The van der Waals surface area contributed by atoms with Crippen molar-refractivity contribution in [1.82, 2.24) is 25.9 Å². The Hall–Kier alpha value is -2.73. The zero-order valence-corrected chi connectivity index (χ0v) is 24.7. The third-order valence-corrected chi connectivity index (χ3v) is 8.14. The second kappa shape index (κ2) is 16.5. The van der Waals surface area contributed by atoms with E-state index in [0.29, 0.717) is 45.1 Å². The monoisotopic (exact) mass is 567 g/mol. The van der Waals surface area contributed by atoms with Gasteiger partial charge in [-0.15, -0.1) is 0 Å². The summed E-state index contributed by atoms with van der Waals surface area (Å²) in [4.78, 5) is 73.4. The molecule has 0 bridgehead atoms. The second-order valence-corrected chi connectivity index (χ2v) is 11.0. The van der Waals surface area contributed by atoms with Crippen LogP contribution >= 0.6 is 0 Å². The molecule has 0 spiro atoms. The van der Waals surface area contributed by atoms with E-state index >= 15 is 0 Å². The molecule has 0 aromatic heterocycles. The van der Waals surface area contributed by atoms with E-state index in [0.717, 1.165) is 30.7 Å². The highest BCUT2D eigenvalue weighted by molar-refractivity contribution is 5.99. The van der Waals surface area contributed by atoms with Gasteiger partial charge in [0.2, 0.25) is 29.5 Å². The fourth-order valence-corrected chi connectivity index (χ4v) is 5.12. The average Bonchev–Trinajstić information content (AvgIpc) is 2.96. The van der Waals surface area contributed by atoms with Crippen molar-refractivity contribution < 1.29 is 33.9 Å². The van der Waals surface area contributed by atoms with Gasteiger partial charge in [0.1, 0.15) is 24.2 Å². The fraction of sp³-hybridized carbons (Fsp3) is 0.821. The van der Waals surface area contributed by atoms with Gasteiger partial charge in [0, 0.05) is 13.6 Å². The van der Waals surface area contributed by atoms with Crippen LogP contribution in [0.1, 0.15) is 91.4 Å². The molecule has 228 valence electrons. The highest BCUT2D eigenvalue weighted by Crippen LogP contribution is 2.22. The summed E-state index contributed by atoms with van der Waals surface area (Å²) in [5.74, 6) is -2.71. The van der Waals surface area contributed by atoms with E-state index in [4.69, 9.17) is 4.84 Å². The first-order valence-electron chi connectivity index (χ1n) is 14.7. The molecule has 2 heterocycles. The van der Waals surface area contributed by atoms with Gasteiger partial charge in [0.25, 0.3) is 0 Å². The SMILES string of the molecule is CCC(O)CCCCC[C@@H]1NC(=O)[C@H]2CCCCN2C(=O)[C@H](C(C)CC)NC(=O)[C@H](CC(=O)N(C)OC)NC1=O. The molecule has 2 aliphatic heterocycles. The number of amides is 5. The number of hydrogen-bond acceptors (Lipinski definition) is 7. The molecule has 0 radical (unpaired) electrons. The molecular weight excluding hydrogens is 518 g/mol. The van der Waals surface area contributed by atoms with Crippen LogP contribution in [-0.4, -0.2) is 95.6 Å². The number of fused-ring (bicyclic) bond motifs is 1. The molecule has 0 saturated carbocycles. The van der Waals surface area contributed by atoms with Crippen molar-refractivity contribution in [1.29, 1.82) is 0 Å². The van der Waals surface area contributed by atoms with Gasteiger partial charge in [-0.3, -0.25) is 28.8 Å². The number of hydrogen-bond donors (Lipinski definition) is 4. The molecule has 2 saturated heterocycles. The van der Waals surface area contributed by atoms with Crippen LogP contribution in [0.15, 0.2) is 0 Å². The fourth-order valence-electron chi connectivity index (χ4n) is 5.12. The van der Waals surface area contributed by atoms with Crippen LogP contribution in [0.3, 0.4) is 0 Å². The molecule has 40 heavy (non-hydrogen) atoms. The number of carbonyl (C=O) groups excluding carboxylic acids is 5. The first kappa shape index (κ1) is 33.5. The van der Waals surface area contributed by atoms with Gasteiger partial charge in [-0.25, -0.2) is 5.06 Å². The standard InChI is InChI=1S/C28H49N5O7/c1-6-18(3)24-28(39)33-16-12-11-15-22(33)27(38)29-20(14-10-8-9-13-19(34)7-2)25(36)30-21(26(37)31-24)17-23(35)32(4)40-5/h18-22,24,34H,6-17H2,1-5H3,(H,29,38)(H,30,36)(H,31,37)/t18?,19?,20-,21-,22+,24-/m0/s1. The number of aliphatic hydroxyl groups is 1. The molecule has 2 fully saturated rings. The molecule has 2 unspecified atom stereocenters. The lowest BCUT2D eigenvalue weighted by molar-refractivity contribution is -0.169. The average molecular weight is 568 g/mol. The van der Waals surface area contributed by atoms with Gasteiger partial charge in [-0.1, -0.05) is 46.5 Å². The Morgan fingerprint density at radius 1 is 1.00 bits per heavy atom. The molecule has 4 N–H and O–H groups in total. The van der Waals surface area contributed by atoms with Crippen LogP contribution in [0.5, 0.6) is 0 Å². The van der Waals surface area contributed by atoms with Crippen molar-refractivity contribution in [2.24, 2.45) is 5.92 Å². The molecule has 0 aliphatic carbocycles. The quantitative estimate of drug-likeness (QED) is 0.202. The van der Waals surface area contributed by atoms with Crippen LogP contribution in [0, 0.1) is 5.92 Å². The second-order valence-electron chi connectivity index (χ2n) is 11.0. The van der Waals surface area contributed by atoms with E-state index in [-0.39, 0.29) is 24.3 Å². The Morgan fingerprint density at radius 3 is 2.33 bits per heavy atom. The van der Waals surface area contributed by atoms with E-state index in [1.807, 2.05) is 20.8 Å². The van der Waals surface area contributed by atoms with Gasteiger partial charge in [-0.05, 0) is 44.4 Å². The van der Waals surface area contributed by atoms with Gasteiger partial charge >= 0.3 is 0 Å². The van der Waals surface area contributed by atoms with Crippen LogP contribution in [0.25, 0.3) is 0 Å². The van der Waals surface area contributed by atoms with Crippen molar-refractivity contribution in [2.45, 2.75) is 122 Å². The van der Waals surface area contributed by atoms with Crippen molar-refractivity contribution in [3.05, 3.63) is 0 Å². The Kier molecular flexibility index (Phi) is 13.8. The number of piperidine rings is 1. The highest BCUT2D eigenvalue weighted by Gasteiger charge is 2.41. The summed E-state index contributed by atoms with van der Waals surface area (Å²) in [6.45, 7) is 6.06. The van der Waals surface area contributed by atoms with Gasteiger partial charge < -0.3 is 26.0 Å². The van der Waals surface area contributed by atoms with E-state index in [9.17, 15) is 29.1 Å². The van der Waals surface area contributed by atoms with Gasteiger partial charge in [-0.2, -0.15) is 0 Å². The number of unbranched alkanes of at least 4 members (excludes halogenated alkanes) is 2. The van der Waals surface area contributed by atoms with E-state index < -0.39 is 47.8 Å². The van der Waals surface area contributed by atoms with Crippen LogP contribution in [0.2, 0.25) is 0 Å². The van der Waals surface area contributed by atoms with E-state index in [1.165, 1.54) is 19.1 Å². The summed E-state index contributed by atoms with van der Waals surface area (Å²) in [6.07, 6.45) is 5.64. The zero-order chi connectivity index (χ0) is 29.8. The number of hydroxylamine groups is 2. The molecule has 2 rings (SSSR count). The minimum Gasteiger partial charge on any atom is -0.393 e. The molecule has 0 aromatic rings. The summed E-state index contributed by atoms with van der Waals surface area (Å²) < 4.78 is 0. The lowest BCUT2D eigenvalue weighted by Gasteiger charge is -2.39. The third-order valence-electron chi connectivity index (χ3n) is 8.14. The number of carbonyl (C=O) groups is 5. The summed E-state index contributed by atoms with van der Waals surface area (Å²) in [5, 5.41) is 19.1. The Morgan fingerprint density at radius 2 is 1.68 bits per heavy atom. The first-order valence-corrected chi connectivity index (χ1v) is 14.7. The molecular formula is C28H49N5O7. The lowest BCUT2D eigenvalue weighted by Crippen LogP contribution is -2.64. The zero-order valence-electron chi connectivity index (χ0n) is 24.7. The number of aliphatic hydroxyl groups excluding tert-OH is 1. The molecule has 0 aromatic carbocycles. The number of nitrogens with zero attached hydrogens (tertiary/aromatic N) is 2. The van der Waals surface area contributed by atoms with Crippen molar-refractivity contribution in [3.63, 3.8) is 0 Å². The van der Waals surface area contributed by atoms with Crippen molar-refractivity contribution >= 4 is 29.5 Å². The molecule has 12 heteroatoms. The Labute approximate surface area is 237 Å². The van der Waals surface area contributed by atoms with Crippen LogP contribution in [-0.2, 0) is 28.8 Å². The van der Waals surface area contributed by atoms with E-state index in [1.54, 1.807) is 0 Å². The topological polar surface area (TPSA) is 157 Å². The normalized spacial score (nSPS) is 25.9. The maximum absolute atomic E-state index is 13.8. The maximum atomic E-state index is 13.8. The number of nitrogens with one attached hydrogen (secondary N) is 3. The van der Waals surface area contributed by atoms with Crippen LogP contribution < -0.4 is 16.0 Å². The third kappa shape index (κ3) is 9.43. The van der Waals surface area contributed by atoms with E-state index in [2.05, 4.69) is 16.0 Å². The lowest BCUT2D eigenvalue weighted by atomic mass is 9.93. The molecule has 6 atom stereocenters. The largest absolute Gasteiger partial charge is 0.393 e. The summed E-state index contributed by atoms with van der Waals surface area (Å²) >= 11 is 0.